The van der Waals surface area contributed by atoms with Crippen molar-refractivity contribution in [1.82, 2.24) is 0 Å². The highest BCUT2D eigenvalue weighted by molar-refractivity contribution is 5.69. The number of carbonyl (C=O) groups excluding carboxylic acids is 1. The highest BCUT2D eigenvalue weighted by Gasteiger charge is 2.32. The van der Waals surface area contributed by atoms with Crippen LogP contribution in [-0.4, -0.2) is 52.7 Å². The average molecular weight is 312 g/mol. The van der Waals surface area contributed by atoms with Gasteiger partial charge in [0.2, 0.25) is 0 Å². The van der Waals surface area contributed by atoms with Crippen molar-refractivity contribution in [3.05, 3.63) is 38.0 Å². The topological polar surface area (TPSA) is 54.0 Å². The quantitative estimate of drug-likeness (QED) is 0.264. The standard InChI is InChI=1S/C17H28O5/c1-5-10-20-13-17(14-21-11-6-2,15-22-12-7-3)9-8-16(18)19-4/h5-7H,1-3,8-15H2,4H3. The maximum Gasteiger partial charge on any atom is 0.305 e. The summed E-state index contributed by atoms with van der Waals surface area (Å²) >= 11 is 0. The van der Waals surface area contributed by atoms with E-state index in [0.717, 1.165) is 0 Å². The van der Waals surface area contributed by atoms with Crippen LogP contribution < -0.4 is 0 Å². The molecular formula is C17H28O5. The average Bonchev–Trinajstić information content (AvgIpc) is 2.53. The van der Waals surface area contributed by atoms with Gasteiger partial charge < -0.3 is 18.9 Å². The zero-order chi connectivity index (χ0) is 16.7. The summed E-state index contributed by atoms with van der Waals surface area (Å²) in [4.78, 5) is 11.5. The summed E-state index contributed by atoms with van der Waals surface area (Å²) in [5.41, 5.74) is -0.427. The second-order valence-corrected chi connectivity index (χ2v) is 4.99. The molecule has 0 amide bonds. The molecule has 0 aromatic carbocycles. The van der Waals surface area contributed by atoms with Crippen molar-refractivity contribution in [2.24, 2.45) is 5.41 Å². The van der Waals surface area contributed by atoms with Gasteiger partial charge in [-0.05, 0) is 6.42 Å². The van der Waals surface area contributed by atoms with Crippen LogP contribution in [0.15, 0.2) is 38.0 Å². The summed E-state index contributed by atoms with van der Waals surface area (Å²) in [7, 11) is 1.38. The first-order valence-electron chi connectivity index (χ1n) is 7.27. The van der Waals surface area contributed by atoms with Crippen molar-refractivity contribution in [3.8, 4) is 0 Å². The van der Waals surface area contributed by atoms with Gasteiger partial charge in [-0.3, -0.25) is 4.79 Å². The van der Waals surface area contributed by atoms with Gasteiger partial charge in [-0.1, -0.05) is 18.2 Å². The first-order chi connectivity index (χ1) is 10.6. The minimum atomic E-state index is -0.427. The Morgan fingerprint density at radius 3 is 1.64 bits per heavy atom. The molecule has 0 N–H and O–H groups in total. The zero-order valence-electron chi connectivity index (χ0n) is 13.6. The Labute approximate surface area is 133 Å². The molecule has 5 heteroatoms. The Hall–Kier alpha value is -1.43. The van der Waals surface area contributed by atoms with E-state index in [1.165, 1.54) is 7.11 Å². The largest absolute Gasteiger partial charge is 0.469 e. The van der Waals surface area contributed by atoms with E-state index in [9.17, 15) is 4.79 Å². The van der Waals surface area contributed by atoms with Crippen LogP contribution in [0.3, 0.4) is 0 Å². The summed E-state index contributed by atoms with van der Waals surface area (Å²) in [6.45, 7) is 13.4. The van der Waals surface area contributed by atoms with E-state index in [2.05, 4.69) is 19.7 Å². The molecule has 5 nitrogen and oxygen atoms in total. The Balaban J connectivity index is 4.81. The summed E-state index contributed by atoms with van der Waals surface area (Å²) in [5, 5.41) is 0. The lowest BCUT2D eigenvalue weighted by atomic mass is 9.85. The third-order valence-corrected chi connectivity index (χ3v) is 3.02. The van der Waals surface area contributed by atoms with Crippen LogP contribution in [0.1, 0.15) is 12.8 Å². The molecule has 0 aliphatic heterocycles. The van der Waals surface area contributed by atoms with Gasteiger partial charge in [0, 0.05) is 11.8 Å². The number of rotatable bonds is 15. The molecule has 0 saturated carbocycles. The molecule has 0 heterocycles. The second kappa shape index (κ2) is 13.2. The van der Waals surface area contributed by atoms with Crippen LogP contribution in [0, 0.1) is 5.41 Å². The number of hydrogen-bond acceptors (Lipinski definition) is 5. The Bertz CT molecular complexity index is 302. The summed E-state index contributed by atoms with van der Waals surface area (Å²) in [5.74, 6) is -0.263. The summed E-state index contributed by atoms with van der Waals surface area (Å²) in [6.07, 6.45) is 5.87. The number of hydrogen-bond donors (Lipinski definition) is 0. The SMILES string of the molecule is C=CCOCC(CCC(=O)OC)(COCC=C)COCC=C. The number of carbonyl (C=O) groups is 1. The molecule has 0 atom stereocenters. The van der Waals surface area contributed by atoms with E-state index < -0.39 is 5.41 Å². The van der Waals surface area contributed by atoms with Gasteiger partial charge in [-0.2, -0.15) is 0 Å². The fourth-order valence-corrected chi connectivity index (χ4v) is 1.89. The van der Waals surface area contributed by atoms with E-state index in [1.54, 1.807) is 18.2 Å². The predicted octanol–water partition coefficient (Wildman–Crippen LogP) is 2.53. The third-order valence-electron chi connectivity index (χ3n) is 3.02. The Morgan fingerprint density at radius 1 is 0.909 bits per heavy atom. The van der Waals surface area contributed by atoms with Crippen LogP contribution in [0.25, 0.3) is 0 Å². The molecule has 22 heavy (non-hydrogen) atoms. The normalized spacial score (nSPS) is 11.0. The van der Waals surface area contributed by atoms with Gasteiger partial charge in [0.25, 0.3) is 0 Å². The highest BCUT2D eigenvalue weighted by Crippen LogP contribution is 2.26. The van der Waals surface area contributed by atoms with Gasteiger partial charge in [-0.15, -0.1) is 19.7 Å². The van der Waals surface area contributed by atoms with Gasteiger partial charge in [0.1, 0.15) is 0 Å². The highest BCUT2D eigenvalue weighted by atomic mass is 16.5. The predicted molar refractivity (Wildman–Crippen MR) is 86.7 cm³/mol. The van der Waals surface area contributed by atoms with E-state index in [-0.39, 0.29) is 12.4 Å². The van der Waals surface area contributed by atoms with Crippen molar-refractivity contribution in [1.29, 1.82) is 0 Å². The molecule has 126 valence electrons. The van der Waals surface area contributed by atoms with Crippen molar-refractivity contribution in [2.45, 2.75) is 12.8 Å². The molecule has 0 aliphatic carbocycles. The first kappa shape index (κ1) is 20.6. The number of methoxy groups -OCH3 is 1. The van der Waals surface area contributed by atoms with Crippen molar-refractivity contribution < 1.29 is 23.7 Å². The molecule has 0 aliphatic rings. The van der Waals surface area contributed by atoms with E-state index in [4.69, 9.17) is 18.9 Å². The van der Waals surface area contributed by atoms with E-state index in [1.807, 2.05) is 0 Å². The lowest BCUT2D eigenvalue weighted by Gasteiger charge is -2.32. The van der Waals surface area contributed by atoms with Gasteiger partial charge in [0.15, 0.2) is 0 Å². The fourth-order valence-electron chi connectivity index (χ4n) is 1.89. The van der Waals surface area contributed by atoms with E-state index in [0.29, 0.717) is 46.1 Å². The fraction of sp³-hybridized carbons (Fsp3) is 0.588. The van der Waals surface area contributed by atoms with Crippen LogP contribution in [-0.2, 0) is 23.7 Å². The summed E-state index contributed by atoms with van der Waals surface area (Å²) in [6, 6.07) is 0. The molecule has 0 spiro atoms. The van der Waals surface area contributed by atoms with Crippen LogP contribution in [0.4, 0.5) is 0 Å². The molecular weight excluding hydrogens is 284 g/mol. The maximum atomic E-state index is 11.5. The molecule has 0 radical (unpaired) electrons. The molecule has 0 rings (SSSR count). The van der Waals surface area contributed by atoms with Crippen LogP contribution >= 0.6 is 0 Å². The van der Waals surface area contributed by atoms with Gasteiger partial charge in [-0.25, -0.2) is 0 Å². The maximum absolute atomic E-state index is 11.5. The summed E-state index contributed by atoms with van der Waals surface area (Å²) < 4.78 is 21.5. The third kappa shape index (κ3) is 9.50. The zero-order valence-corrected chi connectivity index (χ0v) is 13.6. The lowest BCUT2D eigenvalue weighted by molar-refractivity contribution is -0.142. The number of ether oxygens (including phenoxy) is 4. The molecule has 0 saturated heterocycles. The molecule has 0 fully saturated rings. The van der Waals surface area contributed by atoms with E-state index >= 15 is 0 Å². The van der Waals surface area contributed by atoms with Gasteiger partial charge in [0.05, 0.1) is 46.8 Å². The monoisotopic (exact) mass is 312 g/mol. The Kier molecular flexibility index (Phi) is 12.4. The molecule has 0 bridgehead atoms. The van der Waals surface area contributed by atoms with Crippen LogP contribution in [0.5, 0.6) is 0 Å². The van der Waals surface area contributed by atoms with Crippen LogP contribution in [0.2, 0.25) is 0 Å². The van der Waals surface area contributed by atoms with Crippen molar-refractivity contribution >= 4 is 5.97 Å². The molecule has 0 unspecified atom stereocenters. The molecule has 0 aromatic rings. The minimum Gasteiger partial charge on any atom is -0.469 e. The lowest BCUT2D eigenvalue weighted by Crippen LogP contribution is -2.38. The Morgan fingerprint density at radius 2 is 1.32 bits per heavy atom. The minimum absolute atomic E-state index is 0.263. The number of esters is 1. The first-order valence-corrected chi connectivity index (χ1v) is 7.27. The van der Waals surface area contributed by atoms with Crippen molar-refractivity contribution in [2.75, 3.05) is 46.8 Å². The second-order valence-electron chi connectivity index (χ2n) is 4.99. The molecule has 0 aromatic heterocycles. The van der Waals surface area contributed by atoms with Crippen molar-refractivity contribution in [3.63, 3.8) is 0 Å². The van der Waals surface area contributed by atoms with Gasteiger partial charge >= 0.3 is 5.97 Å². The smallest absolute Gasteiger partial charge is 0.305 e.